The fraction of sp³-hybridized carbons (Fsp3) is 0.0811. The smallest absolute Gasteiger partial charge is 0.0629 e. The van der Waals surface area contributed by atoms with Crippen LogP contribution in [0.15, 0.2) is 291 Å². The van der Waals surface area contributed by atoms with Crippen LogP contribution in [0.2, 0.25) is 0 Å². The number of allylic oxidation sites excluding steroid dienone is 6. The Bertz CT molecular complexity index is 4080. The van der Waals surface area contributed by atoms with Crippen molar-refractivity contribution in [3.05, 3.63) is 302 Å². The van der Waals surface area contributed by atoms with E-state index < -0.39 is 0 Å². The summed E-state index contributed by atoms with van der Waals surface area (Å²) in [4.78, 5) is 5.26. The lowest BCUT2D eigenvalue weighted by Crippen LogP contribution is -2.37. The average molecular weight is 971 g/mol. The molecule has 15 rings (SSSR count). The predicted molar refractivity (Wildman–Crippen MR) is 321 cm³/mol. The van der Waals surface area contributed by atoms with Crippen molar-refractivity contribution in [3.63, 3.8) is 0 Å². The fourth-order valence-electron chi connectivity index (χ4n) is 13.6. The minimum absolute atomic E-state index is 0.181. The van der Waals surface area contributed by atoms with Crippen LogP contribution < -0.4 is 9.80 Å². The third-order valence-electron chi connectivity index (χ3n) is 16.9. The highest BCUT2D eigenvalue weighted by Crippen LogP contribution is 2.53. The average Bonchev–Trinajstić information content (AvgIpc) is 4.09. The van der Waals surface area contributed by atoms with Gasteiger partial charge in [-0.1, -0.05) is 255 Å². The van der Waals surface area contributed by atoms with Gasteiger partial charge in [-0.05, 0) is 119 Å². The molecule has 6 atom stereocenters. The summed E-state index contributed by atoms with van der Waals surface area (Å²) in [6, 6.07) is 84.0. The first kappa shape index (κ1) is 44.3. The summed E-state index contributed by atoms with van der Waals surface area (Å²) in [5.41, 5.74) is 20.1. The molecule has 2 aliphatic heterocycles. The molecule has 76 heavy (non-hydrogen) atoms. The molecule has 2 nitrogen and oxygen atoms in total. The van der Waals surface area contributed by atoms with Crippen molar-refractivity contribution >= 4 is 44.2 Å². The lowest BCUT2D eigenvalue weighted by Gasteiger charge is -2.34. The van der Waals surface area contributed by atoms with Gasteiger partial charge in [0.05, 0.1) is 18.1 Å². The molecule has 360 valence electrons. The van der Waals surface area contributed by atoms with E-state index in [0.717, 1.165) is 0 Å². The zero-order valence-electron chi connectivity index (χ0n) is 42.1. The van der Waals surface area contributed by atoms with Gasteiger partial charge in [-0.15, -0.1) is 0 Å². The largest absolute Gasteiger partial charge is 0.357 e. The molecule has 0 amide bonds. The number of benzene rings is 10. The van der Waals surface area contributed by atoms with Gasteiger partial charge >= 0.3 is 0 Å². The van der Waals surface area contributed by atoms with E-state index in [1.165, 1.54) is 111 Å². The van der Waals surface area contributed by atoms with E-state index in [4.69, 9.17) is 0 Å². The maximum atomic E-state index is 2.69. The molecule has 10 aromatic carbocycles. The van der Waals surface area contributed by atoms with E-state index in [1.807, 2.05) is 0 Å². The van der Waals surface area contributed by atoms with Gasteiger partial charge in [-0.2, -0.15) is 0 Å². The van der Waals surface area contributed by atoms with Crippen molar-refractivity contribution < 1.29 is 0 Å². The zero-order chi connectivity index (χ0) is 50.1. The van der Waals surface area contributed by atoms with Crippen molar-refractivity contribution in [3.8, 4) is 55.6 Å². The van der Waals surface area contributed by atoms with E-state index in [1.54, 1.807) is 0 Å². The van der Waals surface area contributed by atoms with Gasteiger partial charge in [0.15, 0.2) is 0 Å². The monoisotopic (exact) mass is 970 g/mol. The Morgan fingerprint density at radius 3 is 1.45 bits per heavy atom. The fourth-order valence-corrected chi connectivity index (χ4v) is 13.6. The van der Waals surface area contributed by atoms with Crippen LogP contribution in [-0.2, 0) is 0 Å². The number of hydrogen-bond donors (Lipinski definition) is 0. The van der Waals surface area contributed by atoms with Crippen LogP contribution in [0.3, 0.4) is 0 Å². The van der Waals surface area contributed by atoms with Crippen LogP contribution in [0.4, 0.5) is 17.1 Å². The summed E-state index contributed by atoms with van der Waals surface area (Å²) in [5.74, 6) is 0.881. The van der Waals surface area contributed by atoms with Gasteiger partial charge in [0, 0.05) is 45.9 Å². The summed E-state index contributed by atoms with van der Waals surface area (Å²) >= 11 is 0. The Hall–Kier alpha value is -9.24. The molecule has 2 heteroatoms. The second-order valence-electron chi connectivity index (χ2n) is 21.0. The number of anilines is 3. The Balaban J connectivity index is 0.865. The van der Waals surface area contributed by atoms with E-state index >= 15 is 0 Å². The zero-order valence-corrected chi connectivity index (χ0v) is 42.1. The van der Waals surface area contributed by atoms with Crippen molar-refractivity contribution in [2.45, 2.75) is 24.0 Å². The molecular weight excluding hydrogens is 917 g/mol. The maximum absolute atomic E-state index is 2.69. The Kier molecular flexibility index (Phi) is 10.7. The highest BCUT2D eigenvalue weighted by atomic mass is 15.2. The molecule has 5 aliphatic rings. The maximum Gasteiger partial charge on any atom is 0.0629 e. The van der Waals surface area contributed by atoms with E-state index in [9.17, 15) is 0 Å². The second kappa shape index (κ2) is 18.3. The van der Waals surface area contributed by atoms with Crippen LogP contribution in [0.1, 0.15) is 17.0 Å². The van der Waals surface area contributed by atoms with Gasteiger partial charge in [-0.25, -0.2) is 0 Å². The van der Waals surface area contributed by atoms with Gasteiger partial charge < -0.3 is 9.80 Å². The van der Waals surface area contributed by atoms with Crippen LogP contribution in [0.25, 0.3) is 82.8 Å². The number of fused-ring (bicyclic) bond motifs is 8. The van der Waals surface area contributed by atoms with Crippen molar-refractivity contribution in [2.24, 2.45) is 11.8 Å². The first-order valence-electron chi connectivity index (χ1n) is 27.0. The molecule has 0 N–H and O–H groups in total. The molecule has 3 aliphatic carbocycles. The first-order chi connectivity index (χ1) is 37.7. The summed E-state index contributed by atoms with van der Waals surface area (Å²) < 4.78 is 0. The Labute approximate surface area is 445 Å². The van der Waals surface area contributed by atoms with Crippen molar-refractivity contribution in [1.29, 1.82) is 0 Å². The van der Waals surface area contributed by atoms with Crippen molar-refractivity contribution in [1.82, 2.24) is 0 Å². The lowest BCUT2D eigenvalue weighted by atomic mass is 9.79. The van der Waals surface area contributed by atoms with Gasteiger partial charge in [0.2, 0.25) is 0 Å². The number of nitrogens with zero attached hydrogens (tertiary/aromatic N) is 2. The molecule has 0 radical (unpaired) electrons. The van der Waals surface area contributed by atoms with Crippen LogP contribution in [-0.4, -0.2) is 18.1 Å². The molecule has 10 aromatic rings. The number of rotatable bonds is 8. The summed E-state index contributed by atoms with van der Waals surface area (Å²) in [7, 11) is 0. The molecule has 1 saturated heterocycles. The van der Waals surface area contributed by atoms with Crippen LogP contribution in [0.5, 0.6) is 0 Å². The number of hydrogen-bond acceptors (Lipinski definition) is 2. The van der Waals surface area contributed by atoms with Crippen LogP contribution in [0, 0.1) is 11.8 Å². The Morgan fingerprint density at radius 2 is 0.789 bits per heavy atom. The highest BCUT2D eigenvalue weighted by Gasteiger charge is 2.47. The summed E-state index contributed by atoms with van der Waals surface area (Å²) in [5, 5.41) is 5.02. The Morgan fingerprint density at radius 1 is 0.303 bits per heavy atom. The van der Waals surface area contributed by atoms with E-state index in [2.05, 4.69) is 301 Å². The second-order valence-corrected chi connectivity index (χ2v) is 21.0. The quantitative estimate of drug-likeness (QED) is 0.140. The molecule has 0 aromatic heterocycles. The SMILES string of the molecule is C1=CC2c3cc(-c4ccc5c(-c6ccccc6)c6cc(C7=CC8C9C=CC=CC9N(c9ccccc9-c9ccccc9)C8C=C7)ccc6c(-c6ccccc6)c5c4)ccc3N(c3ccccc3-c3ccccc3)C2C=C1. The van der Waals surface area contributed by atoms with Gasteiger partial charge in [0.25, 0.3) is 0 Å². The molecule has 0 saturated carbocycles. The molecule has 0 spiro atoms. The minimum atomic E-state index is 0.181. The van der Waals surface area contributed by atoms with Gasteiger partial charge in [0.1, 0.15) is 0 Å². The van der Waals surface area contributed by atoms with Crippen LogP contribution >= 0.6 is 0 Å². The van der Waals surface area contributed by atoms with Gasteiger partial charge in [-0.3, -0.25) is 0 Å². The molecule has 2 heterocycles. The minimum Gasteiger partial charge on any atom is -0.357 e. The highest BCUT2D eigenvalue weighted by molar-refractivity contribution is 6.22. The van der Waals surface area contributed by atoms with E-state index in [-0.39, 0.29) is 24.0 Å². The number of para-hydroxylation sites is 2. The molecule has 6 unspecified atom stereocenters. The van der Waals surface area contributed by atoms with Crippen molar-refractivity contribution in [2.75, 3.05) is 9.80 Å². The molecular formula is C74H54N2. The molecule has 0 bridgehead atoms. The third-order valence-corrected chi connectivity index (χ3v) is 16.9. The molecule has 1 fully saturated rings. The normalized spacial score (nSPS) is 20.7. The van der Waals surface area contributed by atoms with E-state index in [0.29, 0.717) is 11.8 Å². The summed E-state index contributed by atoms with van der Waals surface area (Å²) in [6.45, 7) is 0. The summed E-state index contributed by atoms with van der Waals surface area (Å²) in [6.07, 6.45) is 26.1. The first-order valence-corrected chi connectivity index (χ1v) is 27.0. The topological polar surface area (TPSA) is 6.48 Å². The third kappa shape index (κ3) is 7.23. The predicted octanol–water partition coefficient (Wildman–Crippen LogP) is 18.6. The standard InChI is InChI=1S/C74H54N2/c1-5-21-49(22-6-1)57-29-13-17-33-67(57)75-69-35-19-15-31-59(69)63-45-55(39-43-71(63)75)53-37-41-61-65(47-53)73(51-25-9-3-10-26-51)62-42-38-54(48-66(62)74(61)52-27-11-4-12-28-52)56-40-44-72-64(46-56)60-32-16-20-36-70(60)76(72)68-34-18-14-30-58(68)50-23-7-2-8-24-50/h1-48,59-60,63,69-71H. The lowest BCUT2D eigenvalue weighted by molar-refractivity contribution is 0.528.